The molecule has 0 amide bonds. The first-order valence-electron chi connectivity index (χ1n) is 8.90. The maximum atomic E-state index is 5.74. The van der Waals surface area contributed by atoms with E-state index in [9.17, 15) is 0 Å². The van der Waals surface area contributed by atoms with Gasteiger partial charge in [0.05, 0.1) is 0 Å². The number of hydrogen-bond acceptors (Lipinski definition) is 1. The summed E-state index contributed by atoms with van der Waals surface area (Å²) in [6.45, 7) is 10.3. The van der Waals surface area contributed by atoms with Crippen molar-refractivity contribution < 1.29 is 0 Å². The van der Waals surface area contributed by atoms with E-state index < -0.39 is 0 Å². The van der Waals surface area contributed by atoms with E-state index in [2.05, 4.69) is 27.7 Å². The highest BCUT2D eigenvalue weighted by Gasteiger charge is 2.32. The second kappa shape index (κ2) is 11.8. The van der Waals surface area contributed by atoms with Crippen molar-refractivity contribution in [2.45, 2.75) is 98.3 Å². The summed E-state index contributed by atoms with van der Waals surface area (Å²) in [5.41, 5.74) is 6.32. The predicted octanol–water partition coefficient (Wildman–Crippen LogP) is 5.92. The zero-order valence-electron chi connectivity index (χ0n) is 14.1. The summed E-state index contributed by atoms with van der Waals surface area (Å²) in [7, 11) is 0. The number of unbranched alkanes of at least 4 members (excludes halogenated alkanes) is 4. The maximum Gasteiger partial charge on any atom is -0.00772 e. The van der Waals surface area contributed by atoms with E-state index in [-0.39, 0.29) is 0 Å². The first-order chi connectivity index (χ1) is 9.20. The summed E-state index contributed by atoms with van der Waals surface area (Å²) >= 11 is 0. The van der Waals surface area contributed by atoms with Crippen LogP contribution in [0.2, 0.25) is 0 Å². The third-order valence-electron chi connectivity index (χ3n) is 5.39. The fourth-order valence-corrected chi connectivity index (χ4v) is 3.73. The lowest BCUT2D eigenvalue weighted by atomic mass is 9.66. The maximum absolute atomic E-state index is 5.74. The molecule has 0 aromatic heterocycles. The van der Waals surface area contributed by atoms with Gasteiger partial charge >= 0.3 is 0 Å². The summed E-state index contributed by atoms with van der Waals surface area (Å²) < 4.78 is 0. The monoisotopic (exact) mass is 269 g/mol. The van der Waals surface area contributed by atoms with Gasteiger partial charge in [0.15, 0.2) is 0 Å². The summed E-state index contributed by atoms with van der Waals surface area (Å²) in [5.74, 6) is 0.901. The molecule has 0 aliphatic heterocycles. The van der Waals surface area contributed by atoms with Gasteiger partial charge in [-0.25, -0.2) is 0 Å². The lowest BCUT2D eigenvalue weighted by Crippen LogP contribution is -2.29. The van der Waals surface area contributed by atoms with Gasteiger partial charge in [-0.1, -0.05) is 79.1 Å². The second-order valence-corrected chi connectivity index (χ2v) is 6.25. The lowest BCUT2D eigenvalue weighted by Gasteiger charge is -2.39. The van der Waals surface area contributed by atoms with Crippen LogP contribution in [0.1, 0.15) is 98.3 Å². The molecule has 116 valence electrons. The Morgan fingerprint density at radius 1 is 0.737 bits per heavy atom. The Morgan fingerprint density at radius 2 is 1.26 bits per heavy atom. The minimum Gasteiger partial charge on any atom is -0.330 e. The molecule has 19 heavy (non-hydrogen) atoms. The largest absolute Gasteiger partial charge is 0.330 e. The van der Waals surface area contributed by atoms with Gasteiger partial charge in [0.2, 0.25) is 0 Å². The molecule has 2 N–H and O–H groups in total. The van der Waals surface area contributed by atoms with Crippen LogP contribution < -0.4 is 5.73 Å². The van der Waals surface area contributed by atoms with E-state index in [1.54, 1.807) is 0 Å². The molecule has 1 heteroatoms. The number of hydrogen-bond donors (Lipinski definition) is 1. The smallest absolute Gasteiger partial charge is 0.00772 e. The van der Waals surface area contributed by atoms with Crippen LogP contribution in [0.4, 0.5) is 0 Å². The molecule has 0 heterocycles. The molecule has 0 bridgehead atoms. The summed E-state index contributed by atoms with van der Waals surface area (Å²) in [5, 5.41) is 0. The molecule has 1 unspecified atom stereocenters. The first-order valence-corrected chi connectivity index (χ1v) is 8.90. The summed E-state index contributed by atoms with van der Waals surface area (Å²) in [6, 6.07) is 0. The van der Waals surface area contributed by atoms with Crippen LogP contribution in [0.25, 0.3) is 0 Å². The highest BCUT2D eigenvalue weighted by molar-refractivity contribution is 4.83. The van der Waals surface area contributed by atoms with Crippen molar-refractivity contribution in [1.82, 2.24) is 0 Å². The molecule has 0 fully saturated rings. The van der Waals surface area contributed by atoms with Crippen LogP contribution in [0.5, 0.6) is 0 Å². The SMILES string of the molecule is CCCCCCCC(CCCN)C(CC)(CC)CC. The second-order valence-electron chi connectivity index (χ2n) is 6.25. The molecule has 0 aromatic rings. The van der Waals surface area contributed by atoms with Gasteiger partial charge in [-0.2, -0.15) is 0 Å². The minimum absolute atomic E-state index is 0.583. The van der Waals surface area contributed by atoms with Crippen LogP contribution in [0.3, 0.4) is 0 Å². The Hall–Kier alpha value is -0.0400. The molecular formula is C18H39N. The van der Waals surface area contributed by atoms with Crippen LogP contribution in [-0.2, 0) is 0 Å². The van der Waals surface area contributed by atoms with E-state index in [4.69, 9.17) is 5.73 Å². The molecule has 0 radical (unpaired) electrons. The third-order valence-corrected chi connectivity index (χ3v) is 5.39. The van der Waals surface area contributed by atoms with Crippen LogP contribution >= 0.6 is 0 Å². The summed E-state index contributed by atoms with van der Waals surface area (Å²) in [4.78, 5) is 0. The number of rotatable bonds is 13. The Morgan fingerprint density at radius 3 is 1.74 bits per heavy atom. The van der Waals surface area contributed by atoms with Crippen molar-refractivity contribution in [2.24, 2.45) is 17.1 Å². The molecule has 0 rings (SSSR count). The summed E-state index contributed by atoms with van der Waals surface area (Å²) in [6.07, 6.45) is 15.0. The Bertz CT molecular complexity index is 176. The molecule has 0 aromatic carbocycles. The predicted molar refractivity (Wildman–Crippen MR) is 88.5 cm³/mol. The van der Waals surface area contributed by atoms with Gasteiger partial charge in [0.25, 0.3) is 0 Å². The van der Waals surface area contributed by atoms with E-state index >= 15 is 0 Å². The van der Waals surface area contributed by atoms with E-state index in [1.165, 1.54) is 70.6 Å². The van der Waals surface area contributed by atoms with Crippen LogP contribution in [-0.4, -0.2) is 6.54 Å². The normalized spacial score (nSPS) is 13.7. The molecule has 1 atom stereocenters. The first kappa shape index (κ1) is 19.0. The van der Waals surface area contributed by atoms with Gasteiger partial charge in [-0.05, 0) is 37.1 Å². The van der Waals surface area contributed by atoms with Crippen LogP contribution in [0, 0.1) is 11.3 Å². The molecular weight excluding hydrogens is 230 g/mol. The Kier molecular flexibility index (Phi) is 11.7. The van der Waals surface area contributed by atoms with Crippen molar-refractivity contribution in [1.29, 1.82) is 0 Å². The average Bonchev–Trinajstić information content (AvgIpc) is 2.45. The fourth-order valence-electron chi connectivity index (χ4n) is 3.73. The zero-order chi connectivity index (χ0) is 14.6. The highest BCUT2D eigenvalue weighted by atomic mass is 14.5. The van der Waals surface area contributed by atoms with Crippen molar-refractivity contribution in [3.05, 3.63) is 0 Å². The van der Waals surface area contributed by atoms with Crippen molar-refractivity contribution in [3.8, 4) is 0 Å². The molecule has 0 aliphatic carbocycles. The standard InChI is InChI=1S/C18H39N/c1-5-9-10-11-12-14-17(15-13-16-19)18(6-2,7-3)8-4/h17H,5-16,19H2,1-4H3. The van der Waals surface area contributed by atoms with Crippen molar-refractivity contribution >= 4 is 0 Å². The fraction of sp³-hybridized carbons (Fsp3) is 1.00. The molecule has 0 spiro atoms. The molecule has 1 nitrogen and oxygen atoms in total. The minimum atomic E-state index is 0.583. The molecule has 0 saturated heterocycles. The number of nitrogens with two attached hydrogens (primary N) is 1. The topological polar surface area (TPSA) is 26.0 Å². The quantitative estimate of drug-likeness (QED) is 0.413. The van der Waals surface area contributed by atoms with Crippen molar-refractivity contribution in [2.75, 3.05) is 6.54 Å². The van der Waals surface area contributed by atoms with Gasteiger partial charge < -0.3 is 5.73 Å². The van der Waals surface area contributed by atoms with Crippen LogP contribution in [0.15, 0.2) is 0 Å². The van der Waals surface area contributed by atoms with E-state index in [1.807, 2.05) is 0 Å². The molecule has 0 aliphatic rings. The van der Waals surface area contributed by atoms with E-state index in [0.717, 1.165) is 12.5 Å². The van der Waals surface area contributed by atoms with Gasteiger partial charge in [0.1, 0.15) is 0 Å². The molecule has 0 saturated carbocycles. The lowest BCUT2D eigenvalue weighted by molar-refractivity contribution is 0.113. The van der Waals surface area contributed by atoms with E-state index in [0.29, 0.717) is 5.41 Å². The Labute approximate surface area is 122 Å². The highest BCUT2D eigenvalue weighted by Crippen LogP contribution is 2.43. The average molecular weight is 270 g/mol. The zero-order valence-corrected chi connectivity index (χ0v) is 14.1. The van der Waals surface area contributed by atoms with Crippen molar-refractivity contribution in [3.63, 3.8) is 0 Å². The van der Waals surface area contributed by atoms with Gasteiger partial charge in [0, 0.05) is 0 Å². The Balaban J connectivity index is 4.34. The third kappa shape index (κ3) is 6.79. The van der Waals surface area contributed by atoms with Gasteiger partial charge in [-0.15, -0.1) is 0 Å². The van der Waals surface area contributed by atoms with Gasteiger partial charge in [-0.3, -0.25) is 0 Å².